The Balaban J connectivity index is 1.56. The molecule has 0 radical (unpaired) electrons. The second-order valence-electron chi connectivity index (χ2n) is 7.95. The number of nitrogens with zero attached hydrogens (tertiary/aromatic N) is 4. The molecule has 4 aromatic rings. The number of rotatable bonds is 8. The first-order chi connectivity index (χ1) is 16.0. The molecule has 0 spiro atoms. The van der Waals surface area contributed by atoms with E-state index in [-0.39, 0.29) is 11.2 Å². The average Bonchev–Trinajstić information content (AvgIpc) is 3.23. The number of benzene rings is 2. The predicted molar refractivity (Wildman–Crippen MR) is 133 cm³/mol. The van der Waals surface area contributed by atoms with Crippen LogP contribution in [0.15, 0.2) is 78.2 Å². The van der Waals surface area contributed by atoms with Gasteiger partial charge in [0.2, 0.25) is 5.91 Å². The van der Waals surface area contributed by atoms with Gasteiger partial charge < -0.3 is 9.88 Å². The van der Waals surface area contributed by atoms with Gasteiger partial charge in [0.1, 0.15) is 0 Å². The summed E-state index contributed by atoms with van der Waals surface area (Å²) in [4.78, 5) is 17.2. The van der Waals surface area contributed by atoms with Gasteiger partial charge >= 0.3 is 0 Å². The first-order valence-electron chi connectivity index (χ1n) is 10.9. The Morgan fingerprint density at radius 2 is 1.76 bits per heavy atom. The van der Waals surface area contributed by atoms with Crippen molar-refractivity contribution in [3.8, 4) is 11.4 Å². The number of anilines is 1. The van der Waals surface area contributed by atoms with Crippen LogP contribution in [0, 0.1) is 13.8 Å². The third-order valence-electron chi connectivity index (χ3n) is 5.48. The van der Waals surface area contributed by atoms with Crippen molar-refractivity contribution in [3.05, 3.63) is 89.7 Å². The second-order valence-corrected chi connectivity index (χ2v) is 9.26. The maximum Gasteiger partial charge on any atom is 0.237 e. The monoisotopic (exact) mass is 457 g/mol. The van der Waals surface area contributed by atoms with Gasteiger partial charge in [0.25, 0.3) is 0 Å². The number of hydrogen-bond donors (Lipinski definition) is 1. The molecule has 168 valence electrons. The number of amides is 1. The zero-order valence-corrected chi connectivity index (χ0v) is 19.8. The molecule has 4 rings (SSSR count). The minimum Gasteiger partial charge on any atom is -0.325 e. The molecule has 1 amide bonds. The molecule has 0 unspecified atom stereocenters. The third-order valence-corrected chi connectivity index (χ3v) is 6.56. The Morgan fingerprint density at radius 1 is 1.00 bits per heavy atom. The van der Waals surface area contributed by atoms with Gasteiger partial charge in [0.05, 0.1) is 5.25 Å². The van der Waals surface area contributed by atoms with Gasteiger partial charge in [0.15, 0.2) is 11.0 Å². The van der Waals surface area contributed by atoms with Gasteiger partial charge in [-0.15, -0.1) is 10.2 Å². The largest absolute Gasteiger partial charge is 0.325 e. The lowest BCUT2D eigenvalue weighted by atomic mass is 10.1. The summed E-state index contributed by atoms with van der Waals surface area (Å²) >= 11 is 1.42. The highest BCUT2D eigenvalue weighted by atomic mass is 32.2. The minimum absolute atomic E-state index is 0.0575. The summed E-state index contributed by atoms with van der Waals surface area (Å²) in [6, 6.07) is 20.2. The summed E-state index contributed by atoms with van der Waals surface area (Å²) in [5, 5.41) is 12.3. The van der Waals surface area contributed by atoms with E-state index in [1.54, 1.807) is 12.4 Å². The highest BCUT2D eigenvalue weighted by Gasteiger charge is 2.22. The molecule has 0 saturated carbocycles. The van der Waals surface area contributed by atoms with Crippen molar-refractivity contribution in [3.63, 3.8) is 0 Å². The number of hydrogen-bond acceptors (Lipinski definition) is 5. The molecule has 1 N–H and O–H groups in total. The molecule has 1 atom stereocenters. The van der Waals surface area contributed by atoms with E-state index in [0.29, 0.717) is 11.7 Å². The number of aromatic nitrogens is 4. The van der Waals surface area contributed by atoms with E-state index in [2.05, 4.69) is 37.2 Å². The van der Waals surface area contributed by atoms with Gasteiger partial charge in [-0.25, -0.2) is 0 Å². The molecule has 0 saturated heterocycles. The van der Waals surface area contributed by atoms with Crippen molar-refractivity contribution in [2.75, 3.05) is 5.32 Å². The maximum absolute atomic E-state index is 13.0. The van der Waals surface area contributed by atoms with Gasteiger partial charge in [-0.3, -0.25) is 9.78 Å². The molecule has 6 nitrogen and oxygen atoms in total. The molecule has 0 fully saturated rings. The smallest absolute Gasteiger partial charge is 0.237 e. The number of thioether (sulfide) groups is 1. The van der Waals surface area contributed by atoms with E-state index in [0.717, 1.165) is 34.6 Å². The fourth-order valence-electron chi connectivity index (χ4n) is 3.62. The fourth-order valence-corrected chi connectivity index (χ4v) is 4.49. The van der Waals surface area contributed by atoms with Crippen LogP contribution in [-0.4, -0.2) is 30.9 Å². The molecule has 0 aliphatic rings. The Kier molecular flexibility index (Phi) is 7.19. The summed E-state index contributed by atoms with van der Waals surface area (Å²) in [5.41, 5.74) is 5.10. The molecule has 0 aliphatic heterocycles. The van der Waals surface area contributed by atoms with Crippen LogP contribution in [0.25, 0.3) is 11.4 Å². The van der Waals surface area contributed by atoms with Crippen LogP contribution >= 0.6 is 11.8 Å². The molecule has 0 aliphatic carbocycles. The topological polar surface area (TPSA) is 72.7 Å². The Labute approximate surface area is 198 Å². The van der Waals surface area contributed by atoms with Crippen LogP contribution in [0.4, 0.5) is 5.69 Å². The van der Waals surface area contributed by atoms with Crippen molar-refractivity contribution >= 4 is 23.4 Å². The number of para-hydroxylation sites is 1. The minimum atomic E-state index is -0.342. The quantitative estimate of drug-likeness (QED) is 0.363. The SMILES string of the molecule is Cc1cccc(C)c1NC(=O)[C@@H](C)Sc1nnc(-c2cccnc2)n1CCc1ccccc1. The molecular weight excluding hydrogens is 430 g/mol. The van der Waals surface area contributed by atoms with E-state index in [9.17, 15) is 4.79 Å². The van der Waals surface area contributed by atoms with Gasteiger partial charge in [-0.2, -0.15) is 0 Å². The summed E-state index contributed by atoms with van der Waals surface area (Å²) in [5.74, 6) is 0.696. The Bertz CT molecular complexity index is 1200. The maximum atomic E-state index is 13.0. The van der Waals surface area contributed by atoms with E-state index in [1.165, 1.54) is 17.3 Å². The lowest BCUT2D eigenvalue weighted by Crippen LogP contribution is -2.24. The third kappa shape index (κ3) is 5.49. The zero-order chi connectivity index (χ0) is 23.2. The number of nitrogens with one attached hydrogen (secondary N) is 1. The van der Waals surface area contributed by atoms with Crippen LogP contribution in [0.1, 0.15) is 23.6 Å². The number of carbonyl (C=O) groups is 1. The fraction of sp³-hybridized carbons (Fsp3) is 0.231. The van der Waals surface area contributed by atoms with Crippen molar-refractivity contribution < 1.29 is 4.79 Å². The molecule has 2 aromatic carbocycles. The van der Waals surface area contributed by atoms with Crippen LogP contribution in [0.5, 0.6) is 0 Å². The normalized spacial score (nSPS) is 11.8. The van der Waals surface area contributed by atoms with Crippen LogP contribution < -0.4 is 5.32 Å². The van der Waals surface area contributed by atoms with E-state index >= 15 is 0 Å². The van der Waals surface area contributed by atoms with Crippen molar-refractivity contribution in [1.82, 2.24) is 19.7 Å². The van der Waals surface area contributed by atoms with Crippen LogP contribution in [-0.2, 0) is 17.8 Å². The summed E-state index contributed by atoms with van der Waals surface area (Å²) in [6.45, 7) is 6.60. The number of carbonyl (C=O) groups excluding carboxylic acids is 1. The molecule has 33 heavy (non-hydrogen) atoms. The molecule has 2 heterocycles. The molecular formula is C26H27N5OS. The van der Waals surface area contributed by atoms with E-state index in [1.807, 2.05) is 69.3 Å². The van der Waals surface area contributed by atoms with Gasteiger partial charge in [0, 0.05) is 30.2 Å². The summed E-state index contributed by atoms with van der Waals surface area (Å²) in [7, 11) is 0. The van der Waals surface area contributed by atoms with E-state index < -0.39 is 0 Å². The highest BCUT2D eigenvalue weighted by Crippen LogP contribution is 2.28. The van der Waals surface area contributed by atoms with Crippen molar-refractivity contribution in [2.45, 2.75) is 44.1 Å². The first-order valence-corrected chi connectivity index (χ1v) is 11.8. The van der Waals surface area contributed by atoms with Gasteiger partial charge in [-0.05, 0) is 56.0 Å². The second kappa shape index (κ2) is 10.4. The zero-order valence-electron chi connectivity index (χ0n) is 19.0. The van der Waals surface area contributed by atoms with Crippen molar-refractivity contribution in [2.24, 2.45) is 0 Å². The summed E-state index contributed by atoms with van der Waals surface area (Å²) in [6.07, 6.45) is 4.36. The highest BCUT2D eigenvalue weighted by molar-refractivity contribution is 8.00. The molecule has 7 heteroatoms. The molecule has 2 aromatic heterocycles. The lowest BCUT2D eigenvalue weighted by Gasteiger charge is -2.16. The number of pyridine rings is 1. The molecule has 0 bridgehead atoms. The Morgan fingerprint density at radius 3 is 2.45 bits per heavy atom. The standard InChI is InChI=1S/C26H27N5OS/c1-18-9-7-10-19(2)23(18)28-25(32)20(3)33-26-30-29-24(22-13-8-15-27-17-22)31(26)16-14-21-11-5-4-6-12-21/h4-13,15,17,20H,14,16H2,1-3H3,(H,28,32)/t20-/m1/s1. The van der Waals surface area contributed by atoms with Crippen molar-refractivity contribution in [1.29, 1.82) is 0 Å². The van der Waals surface area contributed by atoms with Crippen LogP contribution in [0.2, 0.25) is 0 Å². The van der Waals surface area contributed by atoms with Crippen LogP contribution in [0.3, 0.4) is 0 Å². The van der Waals surface area contributed by atoms with E-state index in [4.69, 9.17) is 0 Å². The first kappa shape index (κ1) is 22.7. The van der Waals surface area contributed by atoms with Gasteiger partial charge in [-0.1, -0.05) is 60.3 Å². The number of aryl methyl sites for hydroxylation is 3. The average molecular weight is 458 g/mol. The summed E-state index contributed by atoms with van der Waals surface area (Å²) < 4.78 is 2.08. The lowest BCUT2D eigenvalue weighted by molar-refractivity contribution is -0.115. The Hall–Kier alpha value is -3.45. The predicted octanol–water partition coefficient (Wildman–Crippen LogP) is 5.32.